The molecule has 1 aromatic carbocycles. The Labute approximate surface area is 160 Å². The summed E-state index contributed by atoms with van der Waals surface area (Å²) in [7, 11) is 0. The topological polar surface area (TPSA) is 79.8 Å². The molecule has 3 heterocycles. The highest BCUT2D eigenvalue weighted by molar-refractivity contribution is 7.21. The number of anilines is 1. The van der Waals surface area contributed by atoms with Crippen molar-refractivity contribution in [1.29, 1.82) is 0 Å². The predicted molar refractivity (Wildman–Crippen MR) is 107 cm³/mol. The van der Waals surface area contributed by atoms with Gasteiger partial charge in [0, 0.05) is 23.8 Å². The van der Waals surface area contributed by atoms with Crippen molar-refractivity contribution in [2.75, 3.05) is 11.9 Å². The van der Waals surface area contributed by atoms with Gasteiger partial charge in [0.2, 0.25) is 5.91 Å². The van der Waals surface area contributed by atoms with Crippen molar-refractivity contribution in [1.82, 2.24) is 20.3 Å². The maximum atomic E-state index is 12.1. The fourth-order valence-electron chi connectivity index (χ4n) is 2.67. The molecule has 4 rings (SSSR count). The quantitative estimate of drug-likeness (QED) is 0.539. The third kappa shape index (κ3) is 4.09. The number of amides is 1. The summed E-state index contributed by atoms with van der Waals surface area (Å²) < 4.78 is 0. The molecule has 0 aliphatic heterocycles. The summed E-state index contributed by atoms with van der Waals surface area (Å²) >= 11 is 1.61. The van der Waals surface area contributed by atoms with Gasteiger partial charge in [0.15, 0.2) is 0 Å². The Balaban J connectivity index is 1.44. The Hall–Kier alpha value is -3.32. The Morgan fingerprint density at radius 3 is 2.67 bits per heavy atom. The minimum absolute atomic E-state index is 0.0999. The van der Waals surface area contributed by atoms with Crippen LogP contribution in [0.2, 0.25) is 0 Å². The van der Waals surface area contributed by atoms with Crippen molar-refractivity contribution in [3.8, 4) is 10.4 Å². The first-order valence-electron chi connectivity index (χ1n) is 8.49. The van der Waals surface area contributed by atoms with Crippen molar-refractivity contribution in [3.05, 3.63) is 72.8 Å². The van der Waals surface area contributed by atoms with Crippen molar-refractivity contribution >= 4 is 33.3 Å². The van der Waals surface area contributed by atoms with Crippen LogP contribution >= 0.6 is 11.3 Å². The first-order chi connectivity index (χ1) is 13.3. The zero-order valence-corrected chi connectivity index (χ0v) is 15.2. The lowest BCUT2D eigenvalue weighted by Crippen LogP contribution is -2.29. The number of benzene rings is 1. The minimum atomic E-state index is -0.0999. The SMILES string of the molecule is O=C(CNc1ncnc2sc(-c3ccccc3)cc12)NCc1ccncc1. The minimum Gasteiger partial charge on any atom is -0.360 e. The molecule has 0 saturated heterocycles. The Kier molecular flexibility index (Phi) is 5.02. The molecule has 0 radical (unpaired) electrons. The van der Waals surface area contributed by atoms with Crippen LogP contribution in [0.25, 0.3) is 20.7 Å². The van der Waals surface area contributed by atoms with E-state index in [-0.39, 0.29) is 12.5 Å². The maximum Gasteiger partial charge on any atom is 0.239 e. The molecule has 0 unspecified atom stereocenters. The van der Waals surface area contributed by atoms with E-state index in [4.69, 9.17) is 0 Å². The summed E-state index contributed by atoms with van der Waals surface area (Å²) in [4.78, 5) is 26.8. The first-order valence-corrected chi connectivity index (χ1v) is 9.31. The molecule has 0 bridgehead atoms. The monoisotopic (exact) mass is 375 g/mol. The van der Waals surface area contributed by atoms with Crippen LogP contribution in [0.5, 0.6) is 0 Å². The Morgan fingerprint density at radius 1 is 1.04 bits per heavy atom. The number of carbonyl (C=O) groups is 1. The number of thiophene rings is 1. The summed E-state index contributed by atoms with van der Waals surface area (Å²) in [5, 5.41) is 6.92. The van der Waals surface area contributed by atoms with Gasteiger partial charge in [0.1, 0.15) is 17.0 Å². The van der Waals surface area contributed by atoms with Crippen LogP contribution in [0.3, 0.4) is 0 Å². The van der Waals surface area contributed by atoms with Crippen LogP contribution in [-0.2, 0) is 11.3 Å². The second kappa shape index (κ2) is 7.92. The molecule has 0 fully saturated rings. The standard InChI is InChI=1S/C20H17N5OS/c26-18(22-11-14-6-8-21-9-7-14)12-23-19-16-10-17(15-4-2-1-3-5-15)27-20(16)25-13-24-19/h1-10,13H,11-12H2,(H,22,26)(H,23,24,25). The third-order valence-electron chi connectivity index (χ3n) is 4.04. The molecule has 27 heavy (non-hydrogen) atoms. The molecule has 2 N–H and O–H groups in total. The molecule has 0 atom stereocenters. The predicted octanol–water partition coefficient (Wildman–Crippen LogP) is 3.48. The van der Waals surface area contributed by atoms with Gasteiger partial charge in [0.25, 0.3) is 0 Å². The molecule has 0 saturated carbocycles. The highest BCUT2D eigenvalue weighted by Gasteiger charge is 2.11. The fourth-order valence-corrected chi connectivity index (χ4v) is 3.67. The average Bonchev–Trinajstić information content (AvgIpc) is 3.17. The van der Waals surface area contributed by atoms with Crippen LogP contribution in [-0.4, -0.2) is 27.4 Å². The van der Waals surface area contributed by atoms with E-state index in [0.717, 1.165) is 26.2 Å². The normalized spacial score (nSPS) is 10.7. The molecular formula is C20H17N5OS. The molecule has 6 nitrogen and oxygen atoms in total. The number of pyridine rings is 1. The van der Waals surface area contributed by atoms with Crippen LogP contribution in [0.4, 0.5) is 5.82 Å². The van der Waals surface area contributed by atoms with E-state index >= 15 is 0 Å². The van der Waals surface area contributed by atoms with E-state index in [2.05, 4.69) is 43.8 Å². The molecule has 4 aromatic rings. The number of aromatic nitrogens is 3. The lowest BCUT2D eigenvalue weighted by Gasteiger charge is -2.07. The van der Waals surface area contributed by atoms with Crippen molar-refractivity contribution in [3.63, 3.8) is 0 Å². The fraction of sp³-hybridized carbons (Fsp3) is 0.100. The zero-order valence-electron chi connectivity index (χ0n) is 14.4. The molecule has 3 aromatic heterocycles. The van der Waals surface area contributed by atoms with Gasteiger partial charge in [-0.25, -0.2) is 9.97 Å². The van der Waals surface area contributed by atoms with Gasteiger partial charge in [0.05, 0.1) is 11.9 Å². The first kappa shape index (κ1) is 17.1. The van der Waals surface area contributed by atoms with Crippen molar-refractivity contribution in [2.45, 2.75) is 6.54 Å². The van der Waals surface area contributed by atoms with E-state index < -0.39 is 0 Å². The Morgan fingerprint density at radius 2 is 1.85 bits per heavy atom. The van der Waals surface area contributed by atoms with E-state index in [1.807, 2.05) is 30.3 Å². The van der Waals surface area contributed by atoms with Gasteiger partial charge in [-0.1, -0.05) is 30.3 Å². The van der Waals surface area contributed by atoms with Crippen LogP contribution < -0.4 is 10.6 Å². The maximum absolute atomic E-state index is 12.1. The molecule has 1 amide bonds. The number of fused-ring (bicyclic) bond motifs is 1. The average molecular weight is 375 g/mol. The molecule has 134 valence electrons. The molecule has 0 aliphatic rings. The van der Waals surface area contributed by atoms with E-state index in [9.17, 15) is 4.79 Å². The lowest BCUT2D eigenvalue weighted by molar-refractivity contribution is -0.119. The number of carbonyl (C=O) groups excluding carboxylic acids is 1. The van der Waals surface area contributed by atoms with Crippen LogP contribution in [0, 0.1) is 0 Å². The van der Waals surface area contributed by atoms with Crippen LogP contribution in [0.15, 0.2) is 67.3 Å². The Bertz CT molecular complexity index is 1050. The second-order valence-electron chi connectivity index (χ2n) is 5.90. The van der Waals surface area contributed by atoms with Gasteiger partial charge in [-0.2, -0.15) is 0 Å². The van der Waals surface area contributed by atoms with Gasteiger partial charge in [-0.05, 0) is 29.3 Å². The zero-order chi connectivity index (χ0) is 18.5. The van der Waals surface area contributed by atoms with E-state index in [1.54, 1.807) is 23.7 Å². The number of nitrogens with zero attached hydrogens (tertiary/aromatic N) is 3. The molecule has 0 aliphatic carbocycles. The number of nitrogens with one attached hydrogen (secondary N) is 2. The van der Waals surface area contributed by atoms with E-state index in [1.165, 1.54) is 6.33 Å². The van der Waals surface area contributed by atoms with Crippen LogP contribution in [0.1, 0.15) is 5.56 Å². The van der Waals surface area contributed by atoms with Gasteiger partial charge < -0.3 is 10.6 Å². The van der Waals surface area contributed by atoms with Gasteiger partial charge >= 0.3 is 0 Å². The number of hydrogen-bond donors (Lipinski definition) is 2. The number of rotatable bonds is 6. The summed E-state index contributed by atoms with van der Waals surface area (Å²) in [6.07, 6.45) is 4.93. The highest BCUT2D eigenvalue weighted by atomic mass is 32.1. The van der Waals surface area contributed by atoms with Crippen molar-refractivity contribution < 1.29 is 4.79 Å². The van der Waals surface area contributed by atoms with Crippen molar-refractivity contribution in [2.24, 2.45) is 0 Å². The van der Waals surface area contributed by atoms with E-state index in [0.29, 0.717) is 12.4 Å². The summed E-state index contributed by atoms with van der Waals surface area (Å²) in [5.74, 6) is 0.564. The second-order valence-corrected chi connectivity index (χ2v) is 6.93. The number of hydrogen-bond acceptors (Lipinski definition) is 6. The lowest BCUT2D eigenvalue weighted by atomic mass is 10.2. The summed E-state index contributed by atoms with van der Waals surface area (Å²) in [6, 6.07) is 16.0. The van der Waals surface area contributed by atoms with Gasteiger partial charge in [-0.15, -0.1) is 11.3 Å². The summed E-state index contributed by atoms with van der Waals surface area (Å²) in [6.45, 7) is 0.618. The largest absolute Gasteiger partial charge is 0.360 e. The van der Waals surface area contributed by atoms with Gasteiger partial charge in [-0.3, -0.25) is 9.78 Å². The smallest absolute Gasteiger partial charge is 0.239 e. The molecule has 0 spiro atoms. The highest BCUT2D eigenvalue weighted by Crippen LogP contribution is 2.34. The molecular weight excluding hydrogens is 358 g/mol. The third-order valence-corrected chi connectivity index (χ3v) is 5.14. The summed E-state index contributed by atoms with van der Waals surface area (Å²) in [5.41, 5.74) is 2.15. The molecule has 7 heteroatoms.